The van der Waals surface area contributed by atoms with Crippen molar-refractivity contribution in [2.24, 2.45) is 0 Å². The van der Waals surface area contributed by atoms with Gasteiger partial charge in [0.05, 0.1) is 21.3 Å². The number of nitrogens with one attached hydrogen (secondary N) is 1. The molecule has 32 heavy (non-hydrogen) atoms. The molecular formula is C24H22FNO5S. The first-order chi connectivity index (χ1) is 15.4. The van der Waals surface area contributed by atoms with Crippen molar-refractivity contribution in [3.63, 3.8) is 0 Å². The van der Waals surface area contributed by atoms with Gasteiger partial charge in [0.1, 0.15) is 27.9 Å². The molecule has 0 bridgehead atoms. The summed E-state index contributed by atoms with van der Waals surface area (Å²) in [6, 6.07) is 11.0. The zero-order valence-corrected chi connectivity index (χ0v) is 18.8. The summed E-state index contributed by atoms with van der Waals surface area (Å²) in [6.07, 6.45) is 2.95. The molecule has 0 aliphatic carbocycles. The number of carbonyl (C=O) groups is 2. The van der Waals surface area contributed by atoms with E-state index in [0.717, 1.165) is 4.88 Å². The highest BCUT2D eigenvalue weighted by Crippen LogP contribution is 2.40. The molecule has 0 aliphatic heterocycles. The summed E-state index contributed by atoms with van der Waals surface area (Å²) in [5.41, 5.74) is 2.16. The molecule has 0 spiro atoms. The zero-order chi connectivity index (χ0) is 23.3. The largest absolute Gasteiger partial charge is 0.497 e. The van der Waals surface area contributed by atoms with Crippen molar-refractivity contribution in [1.29, 1.82) is 0 Å². The van der Waals surface area contributed by atoms with E-state index in [2.05, 4.69) is 5.32 Å². The summed E-state index contributed by atoms with van der Waals surface area (Å²) in [5, 5.41) is 3.10. The van der Waals surface area contributed by atoms with Gasteiger partial charge in [0, 0.05) is 28.1 Å². The van der Waals surface area contributed by atoms with Crippen LogP contribution in [0.15, 0.2) is 48.5 Å². The minimum absolute atomic E-state index is 0.227. The van der Waals surface area contributed by atoms with Gasteiger partial charge in [0.15, 0.2) is 0 Å². The summed E-state index contributed by atoms with van der Waals surface area (Å²) < 4.78 is 28.8. The fourth-order valence-electron chi connectivity index (χ4n) is 3.17. The van der Waals surface area contributed by atoms with E-state index in [1.807, 2.05) is 6.92 Å². The molecule has 8 heteroatoms. The zero-order valence-electron chi connectivity index (χ0n) is 18.0. The third-order valence-corrected chi connectivity index (χ3v) is 5.72. The SMILES string of the molecule is COC(=O)c1c(NC(=O)/C=C/c2ccc(OC)cc2OC)sc(C)c1-c1ccc(F)cc1. The van der Waals surface area contributed by atoms with Crippen LogP contribution >= 0.6 is 11.3 Å². The Hall–Kier alpha value is -3.65. The summed E-state index contributed by atoms with van der Waals surface area (Å²) in [6.45, 7) is 1.82. The predicted molar refractivity (Wildman–Crippen MR) is 123 cm³/mol. The van der Waals surface area contributed by atoms with Gasteiger partial charge in [0.25, 0.3) is 0 Å². The molecule has 0 unspecified atom stereocenters. The Kier molecular flexibility index (Phi) is 7.27. The second-order valence-corrected chi connectivity index (χ2v) is 7.89. The van der Waals surface area contributed by atoms with E-state index in [9.17, 15) is 14.0 Å². The van der Waals surface area contributed by atoms with E-state index in [0.29, 0.717) is 33.2 Å². The normalized spacial score (nSPS) is 10.8. The monoisotopic (exact) mass is 455 g/mol. The van der Waals surface area contributed by atoms with Gasteiger partial charge in [-0.25, -0.2) is 9.18 Å². The van der Waals surface area contributed by atoms with Gasteiger partial charge in [-0.15, -0.1) is 11.3 Å². The van der Waals surface area contributed by atoms with Gasteiger partial charge in [-0.1, -0.05) is 12.1 Å². The molecule has 1 amide bonds. The Bertz CT molecular complexity index is 1170. The van der Waals surface area contributed by atoms with Crippen LogP contribution in [0.25, 0.3) is 17.2 Å². The fraction of sp³-hybridized carbons (Fsp3) is 0.167. The van der Waals surface area contributed by atoms with Crippen LogP contribution in [0.4, 0.5) is 9.39 Å². The van der Waals surface area contributed by atoms with Gasteiger partial charge < -0.3 is 19.5 Å². The maximum Gasteiger partial charge on any atom is 0.341 e. The van der Waals surface area contributed by atoms with Gasteiger partial charge in [-0.05, 0) is 42.8 Å². The number of thiophene rings is 1. The van der Waals surface area contributed by atoms with E-state index < -0.39 is 11.9 Å². The third kappa shape index (κ3) is 4.97. The average molecular weight is 456 g/mol. The van der Waals surface area contributed by atoms with Crippen molar-refractivity contribution in [2.75, 3.05) is 26.6 Å². The van der Waals surface area contributed by atoms with E-state index in [1.54, 1.807) is 43.5 Å². The van der Waals surface area contributed by atoms with Crippen LogP contribution in [0.1, 0.15) is 20.8 Å². The maximum atomic E-state index is 13.4. The molecule has 0 radical (unpaired) electrons. The predicted octanol–water partition coefficient (Wildman–Crippen LogP) is 5.32. The molecule has 0 saturated carbocycles. The lowest BCUT2D eigenvalue weighted by atomic mass is 10.0. The van der Waals surface area contributed by atoms with E-state index >= 15 is 0 Å². The van der Waals surface area contributed by atoms with Crippen LogP contribution in [-0.4, -0.2) is 33.2 Å². The number of methoxy groups -OCH3 is 3. The summed E-state index contributed by atoms with van der Waals surface area (Å²) in [4.78, 5) is 25.9. The molecular weight excluding hydrogens is 433 g/mol. The van der Waals surface area contributed by atoms with Crippen molar-refractivity contribution < 1.29 is 28.2 Å². The van der Waals surface area contributed by atoms with Gasteiger partial charge >= 0.3 is 5.97 Å². The van der Waals surface area contributed by atoms with Crippen molar-refractivity contribution in [1.82, 2.24) is 0 Å². The Labute approximate surface area is 189 Å². The number of ether oxygens (including phenoxy) is 3. The molecule has 1 aromatic heterocycles. The first-order valence-electron chi connectivity index (χ1n) is 9.56. The molecule has 0 fully saturated rings. The maximum absolute atomic E-state index is 13.4. The number of benzene rings is 2. The molecule has 1 heterocycles. The standard InChI is InChI=1S/C24H22FNO5S/c1-14-21(16-5-9-17(25)10-6-16)22(24(28)31-4)23(32-14)26-20(27)12-8-15-7-11-18(29-2)13-19(15)30-3/h5-13H,1-4H3,(H,26,27)/b12-8+. The van der Waals surface area contributed by atoms with Gasteiger partial charge in [-0.2, -0.15) is 0 Å². The van der Waals surface area contributed by atoms with Crippen LogP contribution in [0.2, 0.25) is 0 Å². The Morgan fingerprint density at radius 2 is 1.75 bits per heavy atom. The van der Waals surface area contributed by atoms with Crippen molar-refractivity contribution >= 4 is 34.3 Å². The fourth-order valence-corrected chi connectivity index (χ4v) is 4.24. The summed E-state index contributed by atoms with van der Waals surface area (Å²) >= 11 is 1.24. The summed E-state index contributed by atoms with van der Waals surface area (Å²) in [5.74, 6) is -0.221. The Morgan fingerprint density at radius 3 is 2.38 bits per heavy atom. The molecule has 1 N–H and O–H groups in total. The number of amides is 1. The number of anilines is 1. The molecule has 6 nitrogen and oxygen atoms in total. The van der Waals surface area contributed by atoms with Crippen molar-refractivity contribution in [2.45, 2.75) is 6.92 Å². The minimum Gasteiger partial charge on any atom is -0.497 e. The minimum atomic E-state index is -0.593. The smallest absolute Gasteiger partial charge is 0.341 e. The van der Waals surface area contributed by atoms with Crippen LogP contribution in [-0.2, 0) is 9.53 Å². The van der Waals surface area contributed by atoms with Crippen LogP contribution in [0.5, 0.6) is 11.5 Å². The van der Waals surface area contributed by atoms with E-state index in [4.69, 9.17) is 14.2 Å². The lowest BCUT2D eigenvalue weighted by Gasteiger charge is -2.08. The Morgan fingerprint density at radius 1 is 1.03 bits per heavy atom. The molecule has 2 aromatic carbocycles. The van der Waals surface area contributed by atoms with Crippen molar-refractivity contribution in [3.05, 3.63) is 70.4 Å². The molecule has 3 aromatic rings. The third-order valence-electron chi connectivity index (χ3n) is 4.70. The molecule has 0 saturated heterocycles. The molecule has 3 rings (SSSR count). The van der Waals surface area contributed by atoms with E-state index in [-0.39, 0.29) is 11.4 Å². The second-order valence-electron chi connectivity index (χ2n) is 6.67. The highest BCUT2D eigenvalue weighted by molar-refractivity contribution is 7.17. The number of hydrogen-bond donors (Lipinski definition) is 1. The number of carbonyl (C=O) groups excluding carboxylic acids is 2. The highest BCUT2D eigenvalue weighted by atomic mass is 32.1. The van der Waals surface area contributed by atoms with Gasteiger partial charge in [0.2, 0.25) is 5.91 Å². The topological polar surface area (TPSA) is 73.9 Å². The van der Waals surface area contributed by atoms with Crippen LogP contribution in [0.3, 0.4) is 0 Å². The quantitative estimate of drug-likeness (QED) is 0.386. The molecule has 0 atom stereocenters. The lowest BCUT2D eigenvalue weighted by molar-refractivity contribution is -0.111. The number of esters is 1. The summed E-state index contributed by atoms with van der Waals surface area (Å²) in [7, 11) is 4.35. The molecule has 166 valence electrons. The number of rotatable bonds is 7. The lowest BCUT2D eigenvalue weighted by Crippen LogP contribution is -2.11. The van der Waals surface area contributed by atoms with Gasteiger partial charge in [-0.3, -0.25) is 4.79 Å². The van der Waals surface area contributed by atoms with Crippen molar-refractivity contribution in [3.8, 4) is 22.6 Å². The van der Waals surface area contributed by atoms with Crippen LogP contribution in [0, 0.1) is 12.7 Å². The number of aryl methyl sites for hydroxylation is 1. The second kappa shape index (κ2) is 10.1. The first kappa shape index (κ1) is 23.0. The number of hydrogen-bond acceptors (Lipinski definition) is 6. The Balaban J connectivity index is 1.91. The van der Waals surface area contributed by atoms with Crippen LogP contribution < -0.4 is 14.8 Å². The number of halogens is 1. The van der Waals surface area contributed by atoms with E-state index in [1.165, 1.54) is 43.8 Å². The average Bonchev–Trinajstić information content (AvgIpc) is 3.12. The first-order valence-corrected chi connectivity index (χ1v) is 10.4. The molecule has 0 aliphatic rings. The highest BCUT2D eigenvalue weighted by Gasteiger charge is 2.24.